The first-order valence-electron chi connectivity index (χ1n) is 6.00. The normalized spacial score (nSPS) is 9.79. The van der Waals surface area contributed by atoms with Gasteiger partial charge in [0.15, 0.2) is 11.5 Å². The standard InChI is InChI=1S/C13H18N2O4/c1-3-14-12(17)6-7-15-13(18)9-4-5-11(19-2)10(16)8-9/h4-5,8,16H,3,6-7H2,1-2H3,(H,14,17)(H,15,18). The molecule has 0 aliphatic rings. The van der Waals surface area contributed by atoms with E-state index in [1.807, 2.05) is 6.92 Å². The van der Waals surface area contributed by atoms with Gasteiger partial charge >= 0.3 is 0 Å². The summed E-state index contributed by atoms with van der Waals surface area (Å²) in [6.45, 7) is 2.65. The zero-order valence-corrected chi connectivity index (χ0v) is 11.0. The Hall–Kier alpha value is -2.24. The summed E-state index contributed by atoms with van der Waals surface area (Å²) in [6.07, 6.45) is 0.224. The third-order valence-electron chi connectivity index (χ3n) is 2.45. The molecule has 6 nitrogen and oxygen atoms in total. The van der Waals surface area contributed by atoms with Crippen LogP contribution in [0, 0.1) is 0 Å². The number of rotatable bonds is 6. The van der Waals surface area contributed by atoms with E-state index in [4.69, 9.17) is 4.74 Å². The first-order chi connectivity index (χ1) is 9.08. The fourth-order valence-electron chi connectivity index (χ4n) is 1.51. The molecule has 1 aromatic carbocycles. The number of carbonyl (C=O) groups is 2. The number of hydrogen-bond acceptors (Lipinski definition) is 4. The lowest BCUT2D eigenvalue weighted by Crippen LogP contribution is -2.30. The zero-order valence-electron chi connectivity index (χ0n) is 11.0. The van der Waals surface area contributed by atoms with Crippen molar-refractivity contribution >= 4 is 11.8 Å². The quantitative estimate of drug-likeness (QED) is 0.705. The predicted octanol–water partition coefficient (Wildman–Crippen LogP) is 0.657. The van der Waals surface area contributed by atoms with E-state index >= 15 is 0 Å². The second-order valence-corrected chi connectivity index (χ2v) is 3.85. The van der Waals surface area contributed by atoms with E-state index in [-0.39, 0.29) is 30.5 Å². The van der Waals surface area contributed by atoms with Crippen LogP contribution in [0.5, 0.6) is 11.5 Å². The average molecular weight is 266 g/mol. The summed E-state index contributed by atoms with van der Waals surface area (Å²) in [4.78, 5) is 22.9. The Bertz CT molecular complexity index is 460. The number of phenols is 1. The SMILES string of the molecule is CCNC(=O)CCNC(=O)c1ccc(OC)c(O)c1. The Labute approximate surface area is 111 Å². The molecule has 1 rings (SSSR count). The summed E-state index contributed by atoms with van der Waals surface area (Å²) in [7, 11) is 1.43. The minimum atomic E-state index is -0.345. The highest BCUT2D eigenvalue weighted by molar-refractivity contribution is 5.95. The molecule has 1 aromatic rings. The maximum absolute atomic E-state index is 11.7. The molecule has 0 fully saturated rings. The number of phenolic OH excluding ortho intramolecular Hbond substituents is 1. The van der Waals surface area contributed by atoms with Crippen LogP contribution in [0.25, 0.3) is 0 Å². The van der Waals surface area contributed by atoms with Gasteiger partial charge in [-0.2, -0.15) is 0 Å². The maximum atomic E-state index is 11.7. The van der Waals surface area contributed by atoms with Gasteiger partial charge in [0.25, 0.3) is 5.91 Å². The van der Waals surface area contributed by atoms with Crippen molar-refractivity contribution in [2.75, 3.05) is 20.2 Å². The lowest BCUT2D eigenvalue weighted by molar-refractivity contribution is -0.120. The van der Waals surface area contributed by atoms with Gasteiger partial charge in [0.2, 0.25) is 5.91 Å². The summed E-state index contributed by atoms with van der Waals surface area (Å²) in [5, 5.41) is 14.8. The van der Waals surface area contributed by atoms with Crippen LogP contribution in [0.1, 0.15) is 23.7 Å². The molecule has 104 valence electrons. The number of amides is 2. The van der Waals surface area contributed by atoms with Crippen molar-refractivity contribution < 1.29 is 19.4 Å². The third-order valence-corrected chi connectivity index (χ3v) is 2.45. The fraction of sp³-hybridized carbons (Fsp3) is 0.385. The summed E-state index contributed by atoms with van der Waals surface area (Å²) in [5.74, 6) is -0.250. The molecule has 2 amide bonds. The molecule has 0 radical (unpaired) electrons. The predicted molar refractivity (Wildman–Crippen MR) is 70.3 cm³/mol. The van der Waals surface area contributed by atoms with Gasteiger partial charge in [0.05, 0.1) is 7.11 Å². The lowest BCUT2D eigenvalue weighted by atomic mass is 10.2. The van der Waals surface area contributed by atoms with E-state index in [2.05, 4.69) is 10.6 Å². The number of nitrogens with one attached hydrogen (secondary N) is 2. The number of ether oxygens (including phenoxy) is 1. The summed E-state index contributed by atoms with van der Waals surface area (Å²) in [5.41, 5.74) is 0.314. The van der Waals surface area contributed by atoms with Gasteiger partial charge in [-0.25, -0.2) is 0 Å². The first kappa shape index (κ1) is 14.8. The lowest BCUT2D eigenvalue weighted by Gasteiger charge is -2.07. The van der Waals surface area contributed by atoms with Crippen molar-refractivity contribution in [1.29, 1.82) is 0 Å². The number of carbonyl (C=O) groups excluding carboxylic acids is 2. The molecule has 0 saturated heterocycles. The minimum Gasteiger partial charge on any atom is -0.504 e. The Balaban J connectivity index is 2.50. The van der Waals surface area contributed by atoms with Crippen molar-refractivity contribution in [3.8, 4) is 11.5 Å². The molecule has 3 N–H and O–H groups in total. The van der Waals surface area contributed by atoms with Gasteiger partial charge in [0, 0.05) is 25.1 Å². The van der Waals surface area contributed by atoms with Crippen molar-refractivity contribution in [1.82, 2.24) is 10.6 Å². The topological polar surface area (TPSA) is 87.7 Å². The molecule has 0 unspecified atom stereocenters. The Morgan fingerprint density at radius 1 is 1.32 bits per heavy atom. The van der Waals surface area contributed by atoms with Crippen LogP contribution in [0.3, 0.4) is 0 Å². The highest BCUT2D eigenvalue weighted by Gasteiger charge is 2.09. The first-order valence-corrected chi connectivity index (χ1v) is 6.00. The van der Waals surface area contributed by atoms with Gasteiger partial charge in [-0.05, 0) is 25.1 Å². The molecule has 19 heavy (non-hydrogen) atoms. The van der Waals surface area contributed by atoms with Crippen LogP contribution in [-0.2, 0) is 4.79 Å². The molecular weight excluding hydrogens is 248 g/mol. The molecule has 0 heterocycles. The smallest absolute Gasteiger partial charge is 0.251 e. The molecule has 0 spiro atoms. The van der Waals surface area contributed by atoms with E-state index in [1.54, 1.807) is 6.07 Å². The average Bonchev–Trinajstić information content (AvgIpc) is 2.38. The number of aromatic hydroxyl groups is 1. The Kier molecular flexibility index (Phi) is 5.66. The third kappa shape index (κ3) is 4.50. The van der Waals surface area contributed by atoms with Crippen LogP contribution in [0.15, 0.2) is 18.2 Å². The highest BCUT2D eigenvalue weighted by Crippen LogP contribution is 2.25. The second kappa shape index (κ2) is 7.25. The van der Waals surface area contributed by atoms with Gasteiger partial charge in [-0.15, -0.1) is 0 Å². The van der Waals surface area contributed by atoms with Gasteiger partial charge < -0.3 is 20.5 Å². The molecule has 0 bridgehead atoms. The van der Waals surface area contributed by atoms with Crippen LogP contribution in [-0.4, -0.2) is 37.1 Å². The van der Waals surface area contributed by atoms with E-state index in [0.717, 1.165) is 0 Å². The van der Waals surface area contributed by atoms with Crippen molar-refractivity contribution in [3.63, 3.8) is 0 Å². The number of methoxy groups -OCH3 is 1. The highest BCUT2D eigenvalue weighted by atomic mass is 16.5. The van der Waals surface area contributed by atoms with Crippen LogP contribution in [0.4, 0.5) is 0 Å². The number of benzene rings is 1. The molecule has 0 aromatic heterocycles. The van der Waals surface area contributed by atoms with Crippen molar-refractivity contribution in [3.05, 3.63) is 23.8 Å². The van der Waals surface area contributed by atoms with Crippen molar-refractivity contribution in [2.24, 2.45) is 0 Å². The summed E-state index contributed by atoms with van der Waals surface area (Å²) < 4.78 is 4.88. The van der Waals surface area contributed by atoms with E-state index < -0.39 is 0 Å². The summed E-state index contributed by atoms with van der Waals surface area (Å²) in [6, 6.07) is 4.37. The Morgan fingerprint density at radius 3 is 2.63 bits per heavy atom. The molecule has 6 heteroatoms. The zero-order chi connectivity index (χ0) is 14.3. The van der Waals surface area contributed by atoms with E-state index in [9.17, 15) is 14.7 Å². The van der Waals surface area contributed by atoms with Gasteiger partial charge in [0.1, 0.15) is 0 Å². The monoisotopic (exact) mass is 266 g/mol. The largest absolute Gasteiger partial charge is 0.504 e. The van der Waals surface area contributed by atoms with Crippen LogP contribution >= 0.6 is 0 Å². The molecule has 0 atom stereocenters. The van der Waals surface area contributed by atoms with E-state index in [1.165, 1.54) is 19.2 Å². The molecule has 0 saturated carbocycles. The maximum Gasteiger partial charge on any atom is 0.251 e. The van der Waals surface area contributed by atoms with Gasteiger partial charge in [-0.1, -0.05) is 0 Å². The van der Waals surface area contributed by atoms with Crippen LogP contribution < -0.4 is 15.4 Å². The molecule has 0 aliphatic carbocycles. The number of hydrogen-bond donors (Lipinski definition) is 3. The van der Waals surface area contributed by atoms with Gasteiger partial charge in [-0.3, -0.25) is 9.59 Å². The Morgan fingerprint density at radius 2 is 2.05 bits per heavy atom. The summed E-state index contributed by atoms with van der Waals surface area (Å²) >= 11 is 0. The van der Waals surface area contributed by atoms with Crippen molar-refractivity contribution in [2.45, 2.75) is 13.3 Å². The molecular formula is C13H18N2O4. The second-order valence-electron chi connectivity index (χ2n) is 3.85. The molecule has 0 aliphatic heterocycles. The van der Waals surface area contributed by atoms with E-state index in [0.29, 0.717) is 17.9 Å². The van der Waals surface area contributed by atoms with Crippen LogP contribution in [0.2, 0.25) is 0 Å². The fourth-order valence-corrected chi connectivity index (χ4v) is 1.51. The minimum absolute atomic E-state index is 0.0983.